The Labute approximate surface area is 95.2 Å². The molecule has 0 radical (unpaired) electrons. The fourth-order valence-corrected chi connectivity index (χ4v) is 1.89. The maximum atomic E-state index is 11.7. The van der Waals surface area contributed by atoms with Crippen LogP contribution in [-0.2, 0) is 4.79 Å². The van der Waals surface area contributed by atoms with Gasteiger partial charge in [0.2, 0.25) is 5.91 Å². The van der Waals surface area contributed by atoms with Crippen LogP contribution in [0.3, 0.4) is 0 Å². The van der Waals surface area contributed by atoms with Gasteiger partial charge in [0.25, 0.3) is 0 Å². The number of fused-ring (bicyclic) bond motifs is 1. The molecule has 1 atom stereocenters. The van der Waals surface area contributed by atoms with Gasteiger partial charge in [0.15, 0.2) is 0 Å². The molecule has 1 aromatic carbocycles. The van der Waals surface area contributed by atoms with Crippen LogP contribution in [0.5, 0.6) is 0 Å². The van der Waals surface area contributed by atoms with Crippen molar-refractivity contribution in [2.24, 2.45) is 5.73 Å². The summed E-state index contributed by atoms with van der Waals surface area (Å²) < 4.78 is 0. The molecule has 86 valence electrons. The smallest absolute Gasteiger partial charge is 0.246 e. The van der Waals surface area contributed by atoms with Gasteiger partial charge in [0.1, 0.15) is 6.04 Å². The Morgan fingerprint density at radius 2 is 1.94 bits per heavy atom. The van der Waals surface area contributed by atoms with Crippen LogP contribution in [0, 0.1) is 0 Å². The van der Waals surface area contributed by atoms with Crippen molar-refractivity contribution in [3.63, 3.8) is 0 Å². The normalized spacial score (nSPS) is 18.6. The minimum atomic E-state index is -0.124. The lowest BCUT2D eigenvalue weighted by molar-refractivity contribution is -0.117. The Bertz CT molecular complexity index is 378. The van der Waals surface area contributed by atoms with E-state index < -0.39 is 0 Å². The summed E-state index contributed by atoms with van der Waals surface area (Å²) in [6.45, 7) is 0.685. The van der Waals surface area contributed by atoms with Crippen LogP contribution in [0.1, 0.15) is 19.3 Å². The maximum Gasteiger partial charge on any atom is 0.246 e. The summed E-state index contributed by atoms with van der Waals surface area (Å²) in [5, 5.41) is 6.16. The van der Waals surface area contributed by atoms with E-state index in [2.05, 4.69) is 10.6 Å². The number of nitrogens with two attached hydrogens (primary N) is 1. The zero-order valence-electron chi connectivity index (χ0n) is 9.20. The van der Waals surface area contributed by atoms with Crippen molar-refractivity contribution in [2.75, 3.05) is 17.2 Å². The maximum absolute atomic E-state index is 11.7. The van der Waals surface area contributed by atoms with Crippen LogP contribution >= 0.6 is 0 Å². The number of carbonyl (C=O) groups is 1. The van der Waals surface area contributed by atoms with E-state index in [0.29, 0.717) is 6.54 Å². The second-order valence-electron chi connectivity index (χ2n) is 4.02. The second kappa shape index (κ2) is 4.99. The summed E-state index contributed by atoms with van der Waals surface area (Å²) in [6, 6.07) is 7.62. The molecule has 16 heavy (non-hydrogen) atoms. The van der Waals surface area contributed by atoms with Crippen molar-refractivity contribution < 1.29 is 4.79 Å². The second-order valence-corrected chi connectivity index (χ2v) is 4.02. The first kappa shape index (κ1) is 11.0. The third-order valence-electron chi connectivity index (χ3n) is 2.78. The average molecular weight is 219 g/mol. The highest BCUT2D eigenvalue weighted by molar-refractivity contribution is 6.02. The Kier molecular flexibility index (Phi) is 3.41. The van der Waals surface area contributed by atoms with Gasteiger partial charge in [-0.2, -0.15) is 0 Å². The zero-order valence-corrected chi connectivity index (χ0v) is 9.20. The monoisotopic (exact) mass is 219 g/mol. The van der Waals surface area contributed by atoms with E-state index in [0.717, 1.165) is 30.6 Å². The van der Waals surface area contributed by atoms with Crippen LogP contribution in [0.25, 0.3) is 0 Å². The fraction of sp³-hybridized carbons (Fsp3) is 0.417. The van der Waals surface area contributed by atoms with Gasteiger partial charge in [0, 0.05) is 0 Å². The van der Waals surface area contributed by atoms with Gasteiger partial charge < -0.3 is 16.4 Å². The molecular weight excluding hydrogens is 202 g/mol. The Morgan fingerprint density at radius 3 is 2.69 bits per heavy atom. The van der Waals surface area contributed by atoms with Gasteiger partial charge in [-0.15, -0.1) is 0 Å². The van der Waals surface area contributed by atoms with Crippen molar-refractivity contribution in [1.29, 1.82) is 0 Å². The molecule has 4 heteroatoms. The van der Waals surface area contributed by atoms with Gasteiger partial charge >= 0.3 is 0 Å². The van der Waals surface area contributed by atoms with E-state index >= 15 is 0 Å². The van der Waals surface area contributed by atoms with E-state index in [4.69, 9.17) is 5.73 Å². The van der Waals surface area contributed by atoms with E-state index in [1.165, 1.54) is 0 Å². The third-order valence-corrected chi connectivity index (χ3v) is 2.78. The highest BCUT2D eigenvalue weighted by Gasteiger charge is 2.24. The van der Waals surface area contributed by atoms with Crippen molar-refractivity contribution >= 4 is 17.3 Å². The minimum absolute atomic E-state index is 0.0516. The quantitative estimate of drug-likeness (QED) is 0.673. The molecule has 0 unspecified atom stereocenters. The molecule has 0 saturated carbocycles. The van der Waals surface area contributed by atoms with Crippen molar-refractivity contribution in [2.45, 2.75) is 25.3 Å². The topological polar surface area (TPSA) is 67.2 Å². The third kappa shape index (κ3) is 2.33. The number of carbonyl (C=O) groups excluding carboxylic acids is 1. The van der Waals surface area contributed by atoms with Crippen LogP contribution < -0.4 is 16.4 Å². The standard InChI is InChI=1S/C12H17N3O/c13-8-4-3-7-11-12(16)15-10-6-2-1-5-9(10)14-11/h1-2,5-6,11,14H,3-4,7-8,13H2,(H,15,16)/t11-/m0/s1. The largest absolute Gasteiger partial charge is 0.372 e. The number of rotatable bonds is 4. The summed E-state index contributed by atoms with van der Waals surface area (Å²) in [6.07, 6.45) is 2.77. The van der Waals surface area contributed by atoms with Crippen LogP contribution in [0.15, 0.2) is 24.3 Å². The molecule has 0 saturated heterocycles. The Morgan fingerprint density at radius 1 is 1.19 bits per heavy atom. The zero-order chi connectivity index (χ0) is 11.4. The minimum Gasteiger partial charge on any atom is -0.372 e. The highest BCUT2D eigenvalue weighted by Crippen LogP contribution is 2.27. The van der Waals surface area contributed by atoms with Gasteiger partial charge in [-0.3, -0.25) is 4.79 Å². The van der Waals surface area contributed by atoms with Crippen LogP contribution in [0.4, 0.5) is 11.4 Å². The number of hydrogen-bond donors (Lipinski definition) is 3. The molecule has 4 nitrogen and oxygen atoms in total. The van der Waals surface area contributed by atoms with Crippen molar-refractivity contribution in [3.05, 3.63) is 24.3 Å². The fourth-order valence-electron chi connectivity index (χ4n) is 1.89. The highest BCUT2D eigenvalue weighted by atomic mass is 16.2. The Balaban J connectivity index is 2.01. The number of nitrogens with one attached hydrogen (secondary N) is 2. The van der Waals surface area contributed by atoms with Crippen LogP contribution in [0.2, 0.25) is 0 Å². The molecule has 0 spiro atoms. The summed E-state index contributed by atoms with van der Waals surface area (Å²) in [5.41, 5.74) is 7.30. The van der Waals surface area contributed by atoms with E-state index in [-0.39, 0.29) is 11.9 Å². The first-order valence-electron chi connectivity index (χ1n) is 5.68. The average Bonchev–Trinajstić information content (AvgIpc) is 2.30. The lowest BCUT2D eigenvalue weighted by Crippen LogP contribution is -2.38. The van der Waals surface area contributed by atoms with Gasteiger partial charge in [-0.1, -0.05) is 12.1 Å². The molecule has 1 aliphatic rings. The first-order valence-corrected chi connectivity index (χ1v) is 5.68. The molecule has 1 aromatic rings. The molecular formula is C12H17N3O. The predicted molar refractivity (Wildman–Crippen MR) is 65.4 cm³/mol. The van der Waals surface area contributed by atoms with E-state index in [1.54, 1.807) is 0 Å². The van der Waals surface area contributed by atoms with Gasteiger partial charge in [-0.05, 0) is 37.9 Å². The SMILES string of the molecule is NCCCC[C@@H]1Nc2ccccc2NC1=O. The molecule has 0 fully saturated rings. The van der Waals surface area contributed by atoms with Crippen LogP contribution in [-0.4, -0.2) is 18.5 Å². The molecule has 0 bridgehead atoms. The number of unbranched alkanes of at least 4 members (excludes halogenated alkanes) is 1. The summed E-state index contributed by atoms with van der Waals surface area (Å²) in [5.74, 6) is 0.0516. The first-order chi connectivity index (χ1) is 7.81. The number of benzene rings is 1. The molecule has 0 aromatic heterocycles. The van der Waals surface area contributed by atoms with E-state index in [9.17, 15) is 4.79 Å². The molecule has 2 rings (SSSR count). The predicted octanol–water partition coefficient (Wildman–Crippen LogP) is 1.55. The van der Waals surface area contributed by atoms with Crippen molar-refractivity contribution in [3.8, 4) is 0 Å². The lowest BCUT2D eigenvalue weighted by Gasteiger charge is -2.26. The van der Waals surface area contributed by atoms with Crippen molar-refractivity contribution in [1.82, 2.24) is 0 Å². The summed E-state index contributed by atoms with van der Waals surface area (Å²) >= 11 is 0. The number of amides is 1. The molecule has 1 amide bonds. The van der Waals surface area contributed by atoms with Gasteiger partial charge in [-0.25, -0.2) is 0 Å². The molecule has 4 N–H and O–H groups in total. The summed E-state index contributed by atoms with van der Waals surface area (Å²) in [4.78, 5) is 11.7. The van der Waals surface area contributed by atoms with E-state index in [1.807, 2.05) is 24.3 Å². The Hall–Kier alpha value is -1.55. The lowest BCUT2D eigenvalue weighted by atomic mass is 10.1. The number of para-hydroxylation sites is 2. The molecule has 1 heterocycles. The number of anilines is 2. The summed E-state index contributed by atoms with van der Waals surface area (Å²) in [7, 11) is 0. The number of hydrogen-bond acceptors (Lipinski definition) is 3. The molecule has 1 aliphatic heterocycles. The van der Waals surface area contributed by atoms with Gasteiger partial charge in [0.05, 0.1) is 11.4 Å². The molecule has 0 aliphatic carbocycles.